The summed E-state index contributed by atoms with van der Waals surface area (Å²) in [7, 11) is 0. The first-order valence-corrected chi connectivity index (χ1v) is 11.7. The molecule has 2 aromatic rings. The van der Waals surface area contributed by atoms with E-state index < -0.39 is 11.7 Å². The lowest BCUT2D eigenvalue weighted by Crippen LogP contribution is -2.34. The fourth-order valence-electron chi connectivity index (χ4n) is 3.79. The summed E-state index contributed by atoms with van der Waals surface area (Å²) in [6.45, 7) is 7.39. The summed E-state index contributed by atoms with van der Waals surface area (Å²) < 4.78 is 39.7. The Morgan fingerprint density at radius 3 is 2.50 bits per heavy atom. The van der Waals surface area contributed by atoms with Gasteiger partial charge in [0.15, 0.2) is 0 Å². The van der Waals surface area contributed by atoms with Gasteiger partial charge in [0.05, 0.1) is 11.3 Å². The number of carbonyl (C=O) groups excluding carboxylic acids is 1. The first-order valence-electron chi connectivity index (χ1n) is 10.7. The summed E-state index contributed by atoms with van der Waals surface area (Å²) in [5.74, 6) is -0.349. The van der Waals surface area contributed by atoms with Crippen LogP contribution in [0.1, 0.15) is 37.1 Å². The molecule has 6 nitrogen and oxygen atoms in total. The van der Waals surface area contributed by atoms with Crippen LogP contribution in [0.3, 0.4) is 0 Å². The molecule has 0 unspecified atom stereocenters. The third kappa shape index (κ3) is 5.92. The van der Waals surface area contributed by atoms with Gasteiger partial charge in [-0.1, -0.05) is 25.6 Å². The van der Waals surface area contributed by atoms with Gasteiger partial charge in [0.1, 0.15) is 5.03 Å². The standard InChI is InChI=1S/C22H27F3N4O2S/c1-3-28(4-2)12-13-29-18-7-5-6-17(18)20(27-21(29)31)32-14-19(30)26-16-10-8-15(9-11-16)22(23,24)25/h8-11H,3-7,12-14H2,1-2H3,(H,26,30). The third-order valence-corrected chi connectivity index (χ3v) is 6.59. The number of halogens is 3. The lowest BCUT2D eigenvalue weighted by atomic mass is 10.2. The molecular formula is C22H27F3N4O2S. The van der Waals surface area contributed by atoms with E-state index in [0.29, 0.717) is 11.6 Å². The molecule has 1 aromatic heterocycles. The van der Waals surface area contributed by atoms with Crippen molar-refractivity contribution in [3.8, 4) is 0 Å². The molecule has 1 heterocycles. The Balaban J connectivity index is 1.65. The number of hydrogen-bond donors (Lipinski definition) is 1. The summed E-state index contributed by atoms with van der Waals surface area (Å²) in [6, 6.07) is 4.29. The average Bonchev–Trinajstić information content (AvgIpc) is 3.24. The van der Waals surface area contributed by atoms with Crippen LogP contribution in [0.25, 0.3) is 0 Å². The minimum absolute atomic E-state index is 0.0172. The molecule has 0 fully saturated rings. The van der Waals surface area contributed by atoms with Crippen LogP contribution in [0.15, 0.2) is 34.1 Å². The minimum Gasteiger partial charge on any atom is -0.325 e. The number of amides is 1. The van der Waals surface area contributed by atoms with E-state index in [1.807, 2.05) is 0 Å². The SMILES string of the molecule is CCN(CC)CCn1c2c(c(SCC(=O)Nc3ccc(C(F)(F)F)cc3)nc1=O)CCC2. The number of thioether (sulfide) groups is 1. The first-order chi connectivity index (χ1) is 15.2. The summed E-state index contributed by atoms with van der Waals surface area (Å²) in [5.41, 5.74) is 1.24. The van der Waals surface area contributed by atoms with Crippen LogP contribution < -0.4 is 11.0 Å². The second-order valence-electron chi connectivity index (χ2n) is 7.57. The van der Waals surface area contributed by atoms with Gasteiger partial charge in [-0.25, -0.2) is 4.79 Å². The number of carbonyl (C=O) groups is 1. The number of fused-ring (bicyclic) bond motifs is 1. The molecule has 32 heavy (non-hydrogen) atoms. The molecule has 1 aliphatic carbocycles. The van der Waals surface area contributed by atoms with Gasteiger partial charge in [0.2, 0.25) is 5.91 Å². The van der Waals surface area contributed by atoms with Gasteiger partial charge in [-0.3, -0.25) is 9.36 Å². The van der Waals surface area contributed by atoms with Crippen molar-refractivity contribution in [1.82, 2.24) is 14.5 Å². The van der Waals surface area contributed by atoms with Gasteiger partial charge in [-0.05, 0) is 56.6 Å². The van der Waals surface area contributed by atoms with Crippen molar-refractivity contribution >= 4 is 23.4 Å². The highest BCUT2D eigenvalue weighted by Crippen LogP contribution is 2.31. The molecule has 1 aromatic carbocycles. The second kappa shape index (κ2) is 10.5. The third-order valence-electron chi connectivity index (χ3n) is 5.57. The Kier molecular flexibility index (Phi) is 8.00. The second-order valence-corrected chi connectivity index (χ2v) is 8.53. The van der Waals surface area contributed by atoms with Gasteiger partial charge in [0.25, 0.3) is 0 Å². The van der Waals surface area contributed by atoms with Crippen molar-refractivity contribution < 1.29 is 18.0 Å². The topological polar surface area (TPSA) is 67.2 Å². The first kappa shape index (κ1) is 24.3. The van der Waals surface area contributed by atoms with Crippen molar-refractivity contribution in [2.75, 3.05) is 30.7 Å². The lowest BCUT2D eigenvalue weighted by molar-refractivity contribution is -0.137. The zero-order valence-corrected chi connectivity index (χ0v) is 19.0. The Hall–Kier alpha value is -2.33. The lowest BCUT2D eigenvalue weighted by Gasteiger charge is -2.20. The summed E-state index contributed by atoms with van der Waals surface area (Å²) in [5, 5.41) is 3.16. The van der Waals surface area contributed by atoms with Crippen molar-refractivity contribution in [2.45, 2.75) is 50.9 Å². The summed E-state index contributed by atoms with van der Waals surface area (Å²) in [6.07, 6.45) is -1.85. The molecule has 0 atom stereocenters. The van der Waals surface area contributed by atoms with E-state index in [1.54, 1.807) is 4.57 Å². The van der Waals surface area contributed by atoms with Crippen molar-refractivity contribution in [2.24, 2.45) is 0 Å². The Labute approximate surface area is 189 Å². The Morgan fingerprint density at radius 1 is 1.19 bits per heavy atom. The van der Waals surface area contributed by atoms with Crippen LogP contribution in [-0.2, 0) is 30.4 Å². The van der Waals surface area contributed by atoms with Gasteiger partial charge in [0, 0.05) is 30.0 Å². The van der Waals surface area contributed by atoms with E-state index in [-0.39, 0.29) is 23.0 Å². The van der Waals surface area contributed by atoms with Crippen LogP contribution >= 0.6 is 11.8 Å². The molecular weight excluding hydrogens is 441 g/mol. The van der Waals surface area contributed by atoms with Gasteiger partial charge < -0.3 is 10.2 Å². The normalized spacial score (nSPS) is 13.4. The van der Waals surface area contributed by atoms with Crippen LogP contribution in [0.5, 0.6) is 0 Å². The Morgan fingerprint density at radius 2 is 1.88 bits per heavy atom. The van der Waals surface area contributed by atoms with E-state index >= 15 is 0 Å². The largest absolute Gasteiger partial charge is 0.416 e. The monoisotopic (exact) mass is 468 g/mol. The predicted octanol–water partition coefficient (Wildman–Crippen LogP) is 3.82. The van der Waals surface area contributed by atoms with E-state index in [1.165, 1.54) is 23.9 Å². The minimum atomic E-state index is -4.42. The quantitative estimate of drug-likeness (QED) is 0.448. The maximum atomic E-state index is 12.7. The highest BCUT2D eigenvalue weighted by Gasteiger charge is 2.30. The molecule has 0 bridgehead atoms. The summed E-state index contributed by atoms with van der Waals surface area (Å²) >= 11 is 1.19. The smallest absolute Gasteiger partial charge is 0.325 e. The zero-order valence-electron chi connectivity index (χ0n) is 18.2. The van der Waals surface area contributed by atoms with Gasteiger partial charge >= 0.3 is 11.9 Å². The highest BCUT2D eigenvalue weighted by atomic mass is 32.2. The predicted molar refractivity (Wildman–Crippen MR) is 119 cm³/mol. The number of alkyl halides is 3. The molecule has 1 N–H and O–H groups in total. The van der Waals surface area contributed by atoms with E-state index in [2.05, 4.69) is 29.0 Å². The number of likely N-dealkylation sites (N-methyl/N-ethyl adjacent to an activating group) is 1. The molecule has 10 heteroatoms. The molecule has 0 aliphatic heterocycles. The highest BCUT2D eigenvalue weighted by molar-refractivity contribution is 8.00. The van der Waals surface area contributed by atoms with Crippen molar-refractivity contribution in [3.63, 3.8) is 0 Å². The fraction of sp³-hybridized carbons (Fsp3) is 0.500. The summed E-state index contributed by atoms with van der Waals surface area (Å²) in [4.78, 5) is 31.4. The molecule has 1 amide bonds. The van der Waals surface area contributed by atoms with Crippen molar-refractivity contribution in [1.29, 1.82) is 0 Å². The molecule has 0 radical (unpaired) electrons. The van der Waals surface area contributed by atoms with E-state index in [9.17, 15) is 22.8 Å². The van der Waals surface area contributed by atoms with Crippen molar-refractivity contribution in [3.05, 3.63) is 51.6 Å². The number of nitrogens with zero attached hydrogens (tertiary/aromatic N) is 3. The number of nitrogens with one attached hydrogen (secondary N) is 1. The van der Waals surface area contributed by atoms with Gasteiger partial charge in [-0.15, -0.1) is 0 Å². The maximum absolute atomic E-state index is 12.7. The van der Waals surface area contributed by atoms with Crippen LogP contribution in [0.2, 0.25) is 0 Å². The number of aromatic nitrogens is 2. The zero-order chi connectivity index (χ0) is 23.3. The van der Waals surface area contributed by atoms with E-state index in [0.717, 1.165) is 62.3 Å². The Bertz CT molecular complexity index is 1000. The molecule has 3 rings (SSSR count). The fourth-order valence-corrected chi connectivity index (χ4v) is 4.67. The van der Waals surface area contributed by atoms with Gasteiger partial charge in [-0.2, -0.15) is 18.2 Å². The molecule has 0 spiro atoms. The molecule has 174 valence electrons. The molecule has 1 aliphatic rings. The van der Waals surface area contributed by atoms with E-state index in [4.69, 9.17) is 0 Å². The number of rotatable bonds is 9. The molecule has 0 saturated carbocycles. The van der Waals surface area contributed by atoms with Crippen LogP contribution in [0.4, 0.5) is 18.9 Å². The number of anilines is 1. The maximum Gasteiger partial charge on any atom is 0.416 e. The number of hydrogen-bond acceptors (Lipinski definition) is 5. The number of benzene rings is 1. The van der Waals surface area contributed by atoms with Crippen LogP contribution in [-0.4, -0.2) is 45.7 Å². The van der Waals surface area contributed by atoms with Crippen LogP contribution in [0, 0.1) is 0 Å². The average molecular weight is 469 g/mol. The molecule has 0 saturated heterocycles.